The van der Waals surface area contributed by atoms with Crippen LogP contribution in [0.1, 0.15) is 54.9 Å². The lowest BCUT2D eigenvalue weighted by Gasteiger charge is -2.27. The van der Waals surface area contributed by atoms with Crippen molar-refractivity contribution in [3.05, 3.63) is 46.5 Å². The zero-order chi connectivity index (χ0) is 31.5. The van der Waals surface area contributed by atoms with Crippen LogP contribution in [-0.2, 0) is 35.1 Å². The lowest BCUT2D eigenvalue weighted by Crippen LogP contribution is -2.42. The Balaban J connectivity index is 1.57. The van der Waals surface area contributed by atoms with Crippen molar-refractivity contribution in [3.8, 4) is 11.5 Å². The molecule has 0 radical (unpaired) electrons. The van der Waals surface area contributed by atoms with Crippen LogP contribution in [-0.4, -0.2) is 108 Å². The number of likely N-dealkylation sites (tertiary alicyclic amines) is 1. The molecule has 12 nitrogen and oxygen atoms in total. The number of hydrogen-bond donors (Lipinski definition) is 2. The molecule has 0 unspecified atom stereocenters. The van der Waals surface area contributed by atoms with Crippen LogP contribution < -0.4 is 0 Å². The summed E-state index contributed by atoms with van der Waals surface area (Å²) in [6, 6.07) is 0.983. The number of allylic oxidation sites excluding steroid dienone is 1. The molecule has 0 saturated carbocycles. The fourth-order valence-corrected chi connectivity index (χ4v) is 5.34. The summed E-state index contributed by atoms with van der Waals surface area (Å²) in [4.78, 5) is 47.3. The van der Waals surface area contributed by atoms with Gasteiger partial charge in [-0.25, -0.2) is 4.79 Å². The minimum atomic E-state index is -0.828. The summed E-state index contributed by atoms with van der Waals surface area (Å²) in [6.45, 7) is 4.66. The normalized spacial score (nSPS) is 24.1. The van der Waals surface area contributed by atoms with Crippen molar-refractivity contribution in [1.29, 1.82) is 0 Å². The van der Waals surface area contributed by atoms with E-state index in [1.165, 1.54) is 0 Å². The number of benzene rings is 1. The van der Waals surface area contributed by atoms with Gasteiger partial charge in [-0.1, -0.05) is 35.0 Å². The van der Waals surface area contributed by atoms with E-state index >= 15 is 0 Å². The molecule has 0 spiro atoms. The molecule has 44 heavy (non-hydrogen) atoms. The van der Waals surface area contributed by atoms with Gasteiger partial charge in [0.2, 0.25) is 5.91 Å². The zero-order valence-corrected chi connectivity index (χ0v) is 25.7. The summed E-state index contributed by atoms with van der Waals surface area (Å²) < 4.78 is 16.8. The van der Waals surface area contributed by atoms with Gasteiger partial charge in [0.05, 0.1) is 30.1 Å². The summed E-state index contributed by atoms with van der Waals surface area (Å²) in [6.07, 6.45) is 9.48. The zero-order valence-electron chi connectivity index (χ0n) is 24.9. The lowest BCUT2D eigenvalue weighted by atomic mass is 9.99. The largest absolute Gasteiger partial charge is 0.507 e. The first-order valence-corrected chi connectivity index (χ1v) is 15.3. The number of carbonyl (C=O) groups is 3. The van der Waals surface area contributed by atoms with Crippen molar-refractivity contribution in [1.82, 2.24) is 9.80 Å². The number of hydrogen-bond acceptors (Lipinski definition) is 10. The molecule has 0 aromatic heterocycles. The van der Waals surface area contributed by atoms with Gasteiger partial charge in [-0.3, -0.25) is 9.59 Å². The van der Waals surface area contributed by atoms with E-state index < -0.39 is 29.7 Å². The molecule has 3 aliphatic rings. The summed E-state index contributed by atoms with van der Waals surface area (Å²) in [5.74, 6) is -2.06. The number of aromatic hydroxyl groups is 2. The maximum atomic E-state index is 13.2. The molecule has 2 fully saturated rings. The van der Waals surface area contributed by atoms with Gasteiger partial charge in [-0.2, -0.15) is 0 Å². The second-order valence-corrected chi connectivity index (χ2v) is 11.3. The summed E-state index contributed by atoms with van der Waals surface area (Å²) >= 11 is 6.42. The number of phenolic OH excluding ortho intramolecular Hbond substituents is 2. The third kappa shape index (κ3) is 9.44. The highest BCUT2D eigenvalue weighted by molar-refractivity contribution is 6.33. The van der Waals surface area contributed by atoms with Gasteiger partial charge in [0, 0.05) is 45.1 Å². The average molecular weight is 634 g/mol. The highest BCUT2D eigenvalue weighted by atomic mass is 35.5. The highest BCUT2D eigenvalue weighted by Gasteiger charge is 2.26. The van der Waals surface area contributed by atoms with E-state index in [1.54, 1.807) is 41.0 Å². The maximum Gasteiger partial charge on any atom is 0.342 e. The first kappa shape index (κ1) is 33.3. The fraction of sp³-hybridized carbons (Fsp3) is 0.548. The van der Waals surface area contributed by atoms with Gasteiger partial charge < -0.3 is 39.1 Å². The van der Waals surface area contributed by atoms with E-state index in [2.05, 4.69) is 5.16 Å². The van der Waals surface area contributed by atoms with Crippen molar-refractivity contribution in [3.63, 3.8) is 0 Å². The number of rotatable bonds is 6. The Kier molecular flexibility index (Phi) is 12.5. The van der Waals surface area contributed by atoms with Gasteiger partial charge in [0.25, 0.3) is 5.91 Å². The number of amides is 2. The minimum absolute atomic E-state index is 0.0900. The Labute approximate surface area is 261 Å². The molecule has 3 heterocycles. The summed E-state index contributed by atoms with van der Waals surface area (Å²) in [7, 11) is 0. The summed E-state index contributed by atoms with van der Waals surface area (Å²) in [5, 5.41) is 25.0. The Morgan fingerprint density at radius 3 is 2.45 bits per heavy atom. The van der Waals surface area contributed by atoms with Crippen LogP contribution in [0.2, 0.25) is 5.02 Å². The predicted molar refractivity (Wildman–Crippen MR) is 162 cm³/mol. The predicted octanol–water partition coefficient (Wildman–Crippen LogP) is 3.37. The third-order valence-electron chi connectivity index (χ3n) is 7.55. The van der Waals surface area contributed by atoms with Crippen LogP contribution in [0.4, 0.5) is 0 Å². The number of carbonyl (C=O) groups excluding carboxylic acids is 3. The molecular weight excluding hydrogens is 594 g/mol. The second-order valence-electron chi connectivity index (χ2n) is 10.9. The molecule has 0 bridgehead atoms. The van der Waals surface area contributed by atoms with Gasteiger partial charge in [-0.15, -0.1) is 0 Å². The van der Waals surface area contributed by atoms with Gasteiger partial charge in [0.15, 0.2) is 6.61 Å². The number of fused-ring (bicyclic) bond motifs is 1. The molecule has 2 atom stereocenters. The lowest BCUT2D eigenvalue weighted by molar-refractivity contribution is -0.141. The Bertz CT molecular complexity index is 1270. The Morgan fingerprint density at radius 2 is 1.70 bits per heavy atom. The van der Waals surface area contributed by atoms with Crippen LogP contribution in [0.25, 0.3) is 0 Å². The molecule has 4 rings (SSSR count). The molecule has 240 valence electrons. The van der Waals surface area contributed by atoms with Crippen molar-refractivity contribution in [2.24, 2.45) is 5.16 Å². The molecule has 3 aliphatic heterocycles. The van der Waals surface area contributed by atoms with Crippen molar-refractivity contribution in [2.45, 2.75) is 57.7 Å². The first-order chi connectivity index (χ1) is 21.2. The van der Waals surface area contributed by atoms with Crippen molar-refractivity contribution in [2.75, 3.05) is 52.6 Å². The number of piperidine rings is 1. The van der Waals surface area contributed by atoms with Crippen LogP contribution in [0.5, 0.6) is 11.5 Å². The number of esters is 1. The molecule has 1 aromatic rings. The van der Waals surface area contributed by atoms with Gasteiger partial charge in [0.1, 0.15) is 29.8 Å². The number of halogens is 1. The molecule has 2 amide bonds. The first-order valence-electron chi connectivity index (χ1n) is 14.9. The van der Waals surface area contributed by atoms with Gasteiger partial charge in [-0.05, 0) is 44.2 Å². The van der Waals surface area contributed by atoms with Crippen LogP contribution in [0.3, 0.4) is 0 Å². The SMILES string of the molecule is C[C@@H]1C/C=C/[C@@H](OCC(=O)N2CCOCC2)C/C=C/C(=NOCC(=O)N2CCCCC2)Cc2c(Cl)c(O)cc(O)c2C(=O)O1. The van der Waals surface area contributed by atoms with Crippen molar-refractivity contribution < 1.29 is 43.6 Å². The number of morpholine rings is 1. The smallest absolute Gasteiger partial charge is 0.342 e. The van der Waals surface area contributed by atoms with Crippen LogP contribution in [0, 0.1) is 0 Å². The molecule has 13 heteroatoms. The van der Waals surface area contributed by atoms with E-state index in [4.69, 9.17) is 30.6 Å². The monoisotopic (exact) mass is 633 g/mol. The summed E-state index contributed by atoms with van der Waals surface area (Å²) in [5.41, 5.74) is 0.149. The quantitative estimate of drug-likeness (QED) is 0.273. The topological polar surface area (TPSA) is 147 Å². The molecular formula is C31H40ClN3O9. The number of oxime groups is 1. The van der Waals surface area contributed by atoms with E-state index in [-0.39, 0.29) is 53.3 Å². The number of ether oxygens (including phenoxy) is 3. The van der Waals surface area contributed by atoms with Crippen LogP contribution in [0.15, 0.2) is 35.5 Å². The van der Waals surface area contributed by atoms with Crippen LogP contribution >= 0.6 is 11.6 Å². The third-order valence-corrected chi connectivity index (χ3v) is 7.97. The van der Waals surface area contributed by atoms with E-state index in [9.17, 15) is 24.6 Å². The van der Waals surface area contributed by atoms with E-state index in [1.807, 2.05) is 0 Å². The standard InChI is InChI=1S/C31H40ClN3O9/c1-21-7-5-9-23(42-19-27(38)35-13-15-41-16-14-35)10-6-8-22(33-43-20-28(39)34-11-3-2-4-12-34)17-24-29(31(40)44-21)25(36)18-26(37)30(24)32/h5-6,8-9,18,21,23,36-37H,2-4,7,10-17,19-20H2,1H3/b8-6+,9-5+,33-22?/t21-,23-/m1/s1. The Hall–Kier alpha value is -3.61. The fourth-order valence-electron chi connectivity index (χ4n) is 5.12. The second kappa shape index (κ2) is 16.5. The Morgan fingerprint density at radius 1 is 1.00 bits per heavy atom. The van der Waals surface area contributed by atoms with Gasteiger partial charge >= 0.3 is 5.97 Å². The molecule has 0 aliphatic carbocycles. The highest BCUT2D eigenvalue weighted by Crippen LogP contribution is 2.37. The molecule has 2 N–H and O–H groups in total. The average Bonchev–Trinajstić information content (AvgIpc) is 3.02. The maximum absolute atomic E-state index is 13.2. The molecule has 1 aromatic carbocycles. The van der Waals surface area contributed by atoms with Crippen molar-refractivity contribution >= 4 is 35.1 Å². The van der Waals surface area contributed by atoms with E-state index in [0.717, 1.165) is 25.3 Å². The van der Waals surface area contributed by atoms with E-state index in [0.29, 0.717) is 52.2 Å². The minimum Gasteiger partial charge on any atom is -0.507 e. The number of cyclic esters (lactones) is 1. The number of nitrogens with zero attached hydrogens (tertiary/aromatic N) is 3. The molecule has 2 saturated heterocycles. The number of phenols is 2.